The Bertz CT molecular complexity index is 595. The van der Waals surface area contributed by atoms with Crippen LogP contribution >= 0.6 is 0 Å². The standard InChI is InChI=1S/C17H24N4O3/c1-19(7-13-3-5-18-6-4-13)10-16(22)21-8-14-11-24-12-15(9-21)20(2)17(14)23/h3-6,14-15H,7-12H2,1-2H3/t14-,15+/m1/s1. The topological polar surface area (TPSA) is 66.0 Å². The third-order valence-corrected chi connectivity index (χ3v) is 4.71. The lowest BCUT2D eigenvalue weighted by molar-refractivity contribution is -0.135. The first-order valence-electron chi connectivity index (χ1n) is 8.24. The number of nitrogens with zero attached hydrogens (tertiary/aromatic N) is 4. The fraction of sp³-hybridized carbons (Fsp3) is 0.588. The first kappa shape index (κ1) is 16.9. The summed E-state index contributed by atoms with van der Waals surface area (Å²) in [5.74, 6) is -0.110. The van der Waals surface area contributed by atoms with Crippen molar-refractivity contribution < 1.29 is 14.3 Å². The van der Waals surface area contributed by atoms with Crippen molar-refractivity contribution in [1.29, 1.82) is 0 Å². The summed E-state index contributed by atoms with van der Waals surface area (Å²) in [5, 5.41) is 0. The number of hydrogen-bond donors (Lipinski definition) is 0. The molecule has 3 heterocycles. The van der Waals surface area contributed by atoms with Gasteiger partial charge in [-0.05, 0) is 24.7 Å². The van der Waals surface area contributed by atoms with Gasteiger partial charge in [0.2, 0.25) is 11.8 Å². The van der Waals surface area contributed by atoms with Gasteiger partial charge in [-0.15, -0.1) is 0 Å². The Morgan fingerprint density at radius 3 is 2.83 bits per heavy atom. The van der Waals surface area contributed by atoms with E-state index in [9.17, 15) is 9.59 Å². The molecule has 130 valence electrons. The summed E-state index contributed by atoms with van der Waals surface area (Å²) in [5.41, 5.74) is 1.12. The Morgan fingerprint density at radius 1 is 1.33 bits per heavy atom. The van der Waals surface area contributed by atoms with Gasteiger partial charge in [0.25, 0.3) is 0 Å². The summed E-state index contributed by atoms with van der Waals surface area (Å²) in [6.07, 6.45) is 3.50. The van der Waals surface area contributed by atoms with E-state index in [0.717, 1.165) is 5.56 Å². The number of aromatic nitrogens is 1. The Hall–Kier alpha value is -1.99. The molecule has 0 spiro atoms. The molecule has 2 bridgehead atoms. The number of fused-ring (bicyclic) bond motifs is 3. The molecule has 1 aromatic heterocycles. The van der Waals surface area contributed by atoms with Crippen molar-refractivity contribution in [2.24, 2.45) is 5.92 Å². The first-order valence-corrected chi connectivity index (χ1v) is 8.24. The van der Waals surface area contributed by atoms with Crippen molar-refractivity contribution in [3.63, 3.8) is 0 Å². The number of likely N-dealkylation sites (N-methyl/N-ethyl adjacent to an activating group) is 2. The summed E-state index contributed by atoms with van der Waals surface area (Å²) >= 11 is 0. The second-order valence-electron chi connectivity index (χ2n) is 6.66. The van der Waals surface area contributed by atoms with Gasteiger partial charge in [0.1, 0.15) is 0 Å². The van der Waals surface area contributed by atoms with Gasteiger partial charge in [0, 0.05) is 39.1 Å². The molecule has 2 atom stereocenters. The third kappa shape index (κ3) is 3.73. The Balaban J connectivity index is 1.61. The van der Waals surface area contributed by atoms with Crippen LogP contribution in [0.1, 0.15) is 5.56 Å². The number of hydrogen-bond acceptors (Lipinski definition) is 5. The van der Waals surface area contributed by atoms with E-state index in [-0.39, 0.29) is 23.8 Å². The third-order valence-electron chi connectivity index (χ3n) is 4.71. The zero-order chi connectivity index (χ0) is 17.1. The molecule has 2 aliphatic rings. The van der Waals surface area contributed by atoms with E-state index in [1.807, 2.05) is 29.0 Å². The monoisotopic (exact) mass is 332 g/mol. The molecule has 1 aromatic rings. The zero-order valence-corrected chi connectivity index (χ0v) is 14.2. The molecule has 0 unspecified atom stereocenters. The Labute approximate surface area is 142 Å². The van der Waals surface area contributed by atoms with E-state index in [0.29, 0.717) is 39.4 Å². The van der Waals surface area contributed by atoms with E-state index in [4.69, 9.17) is 4.74 Å². The lowest BCUT2D eigenvalue weighted by Crippen LogP contribution is -2.47. The van der Waals surface area contributed by atoms with Gasteiger partial charge in [-0.3, -0.25) is 19.5 Å². The highest BCUT2D eigenvalue weighted by Gasteiger charge is 2.38. The summed E-state index contributed by atoms with van der Waals surface area (Å²) in [6, 6.07) is 3.84. The second-order valence-corrected chi connectivity index (χ2v) is 6.66. The molecule has 0 N–H and O–H groups in total. The van der Waals surface area contributed by atoms with E-state index in [1.165, 1.54) is 0 Å². The Kier molecular flexibility index (Phi) is 5.11. The van der Waals surface area contributed by atoms with Crippen LogP contribution in [0.25, 0.3) is 0 Å². The Morgan fingerprint density at radius 2 is 2.08 bits per heavy atom. The van der Waals surface area contributed by atoms with Crippen molar-refractivity contribution in [3.8, 4) is 0 Å². The molecule has 2 saturated heterocycles. The van der Waals surface area contributed by atoms with Crippen molar-refractivity contribution in [1.82, 2.24) is 19.7 Å². The van der Waals surface area contributed by atoms with Gasteiger partial charge in [0.15, 0.2) is 0 Å². The van der Waals surface area contributed by atoms with Crippen LogP contribution in [-0.2, 0) is 20.9 Å². The molecule has 0 aliphatic carbocycles. The lowest BCUT2D eigenvalue weighted by Gasteiger charge is -2.30. The maximum Gasteiger partial charge on any atom is 0.236 e. The molecule has 24 heavy (non-hydrogen) atoms. The van der Waals surface area contributed by atoms with E-state index >= 15 is 0 Å². The molecular formula is C17H24N4O3. The number of ether oxygens (including phenoxy) is 1. The zero-order valence-electron chi connectivity index (χ0n) is 14.2. The summed E-state index contributed by atoms with van der Waals surface area (Å²) in [7, 11) is 3.73. The highest BCUT2D eigenvalue weighted by Crippen LogP contribution is 2.19. The highest BCUT2D eigenvalue weighted by atomic mass is 16.5. The summed E-state index contributed by atoms with van der Waals surface area (Å²) < 4.78 is 5.57. The van der Waals surface area contributed by atoms with Gasteiger partial charge >= 0.3 is 0 Å². The number of rotatable bonds is 4. The van der Waals surface area contributed by atoms with Crippen molar-refractivity contribution >= 4 is 11.8 Å². The molecule has 3 rings (SSSR count). The molecule has 7 heteroatoms. The summed E-state index contributed by atoms with van der Waals surface area (Å²) in [6.45, 7) is 2.91. The smallest absolute Gasteiger partial charge is 0.236 e. The van der Waals surface area contributed by atoms with Crippen LogP contribution in [0.2, 0.25) is 0 Å². The largest absolute Gasteiger partial charge is 0.378 e. The molecule has 2 aliphatic heterocycles. The van der Waals surface area contributed by atoms with Crippen molar-refractivity contribution in [2.75, 3.05) is 46.9 Å². The van der Waals surface area contributed by atoms with Gasteiger partial charge in [0.05, 0.1) is 31.7 Å². The predicted molar refractivity (Wildman–Crippen MR) is 88.0 cm³/mol. The molecule has 0 radical (unpaired) electrons. The quantitative estimate of drug-likeness (QED) is 0.766. The minimum Gasteiger partial charge on any atom is -0.378 e. The van der Waals surface area contributed by atoms with Crippen molar-refractivity contribution in [3.05, 3.63) is 30.1 Å². The number of carbonyl (C=O) groups is 2. The second kappa shape index (κ2) is 7.27. The van der Waals surface area contributed by atoms with Crippen molar-refractivity contribution in [2.45, 2.75) is 12.6 Å². The molecule has 7 nitrogen and oxygen atoms in total. The number of amides is 2. The maximum absolute atomic E-state index is 12.7. The van der Waals surface area contributed by atoms with E-state index in [2.05, 4.69) is 4.98 Å². The van der Waals surface area contributed by atoms with Gasteiger partial charge < -0.3 is 14.5 Å². The normalized spacial score (nSPS) is 24.2. The predicted octanol–water partition coefficient (Wildman–Crippen LogP) is -0.171. The molecular weight excluding hydrogens is 308 g/mol. The lowest BCUT2D eigenvalue weighted by atomic mass is 10.1. The fourth-order valence-corrected chi connectivity index (χ4v) is 3.29. The van der Waals surface area contributed by atoms with Crippen LogP contribution in [0.4, 0.5) is 0 Å². The number of pyridine rings is 1. The summed E-state index contributed by atoms with van der Waals surface area (Å²) in [4.78, 5) is 34.6. The average molecular weight is 332 g/mol. The van der Waals surface area contributed by atoms with Crippen LogP contribution in [0, 0.1) is 5.92 Å². The molecule has 2 amide bonds. The molecule has 0 saturated carbocycles. The fourth-order valence-electron chi connectivity index (χ4n) is 3.29. The minimum absolute atomic E-state index is 0.0561. The van der Waals surface area contributed by atoms with Crippen LogP contribution in [0.5, 0.6) is 0 Å². The molecule has 2 fully saturated rings. The number of carbonyl (C=O) groups excluding carboxylic acids is 2. The van der Waals surface area contributed by atoms with Gasteiger partial charge in [-0.1, -0.05) is 0 Å². The van der Waals surface area contributed by atoms with Gasteiger partial charge in [-0.25, -0.2) is 0 Å². The van der Waals surface area contributed by atoms with Gasteiger partial charge in [-0.2, -0.15) is 0 Å². The molecule has 0 aromatic carbocycles. The minimum atomic E-state index is -0.253. The maximum atomic E-state index is 12.7. The van der Waals surface area contributed by atoms with Crippen LogP contribution in [-0.4, -0.2) is 84.5 Å². The average Bonchev–Trinajstić information content (AvgIpc) is 2.73. The van der Waals surface area contributed by atoms with Crippen LogP contribution in [0.3, 0.4) is 0 Å². The SMILES string of the molecule is CN(CC(=O)N1C[C@@H]2COC[C@H](C1)N(C)C2=O)Cc1ccncc1. The van der Waals surface area contributed by atoms with E-state index in [1.54, 1.807) is 24.3 Å². The highest BCUT2D eigenvalue weighted by molar-refractivity contribution is 5.83. The van der Waals surface area contributed by atoms with Crippen LogP contribution in [0.15, 0.2) is 24.5 Å². The first-order chi connectivity index (χ1) is 11.5. The van der Waals surface area contributed by atoms with Crippen LogP contribution < -0.4 is 0 Å². The van der Waals surface area contributed by atoms with E-state index < -0.39 is 0 Å².